The van der Waals surface area contributed by atoms with E-state index in [4.69, 9.17) is 14.2 Å². The summed E-state index contributed by atoms with van der Waals surface area (Å²) in [6.45, 7) is 10.5. The number of Topliss-reactive ketones (excluding diaryl/α,β-unsaturated/α-hetero) is 1. The molecular formula is C24H32O8. The Morgan fingerprint density at radius 2 is 1.91 bits per heavy atom. The van der Waals surface area contributed by atoms with Gasteiger partial charge < -0.3 is 19.3 Å². The van der Waals surface area contributed by atoms with Gasteiger partial charge in [-0.2, -0.15) is 0 Å². The number of rotatable bonds is 3. The van der Waals surface area contributed by atoms with Crippen LogP contribution in [0.4, 0.5) is 0 Å². The Labute approximate surface area is 187 Å². The zero-order chi connectivity index (χ0) is 23.6. The van der Waals surface area contributed by atoms with Crippen LogP contribution in [0.3, 0.4) is 0 Å². The molecule has 0 aromatic heterocycles. The molecule has 8 heteroatoms. The molecule has 4 aliphatic rings. The van der Waals surface area contributed by atoms with Gasteiger partial charge in [-0.3, -0.25) is 19.2 Å². The van der Waals surface area contributed by atoms with Crippen LogP contribution in [0.15, 0.2) is 12.2 Å². The van der Waals surface area contributed by atoms with Gasteiger partial charge in [-0.15, -0.1) is 0 Å². The van der Waals surface area contributed by atoms with Crippen LogP contribution in [0.25, 0.3) is 0 Å². The normalized spacial score (nSPS) is 42.3. The smallest absolute Gasteiger partial charge is 0.320 e. The number of aliphatic hydroxyl groups is 1. The standard InChI is InChI=1S/C24H32O8/c1-12-15-8-16(27)19-23(9-15,20(12)28)21(29)31-11-24(19)17(10-30-13(2)25)22(4,5)7-6-18(24)32-14(3)26/h15-19,27H,1,6-11H2,2-5H3/t15-,16+,17-,18+,19-,23+,24+/m0/s1. The van der Waals surface area contributed by atoms with Crippen LogP contribution in [0, 0.1) is 34.0 Å². The van der Waals surface area contributed by atoms with Crippen molar-refractivity contribution >= 4 is 23.7 Å². The summed E-state index contributed by atoms with van der Waals surface area (Å²) in [5.74, 6) is -3.50. The molecule has 0 radical (unpaired) electrons. The van der Waals surface area contributed by atoms with E-state index in [2.05, 4.69) is 6.58 Å². The van der Waals surface area contributed by atoms with E-state index >= 15 is 0 Å². The third-order valence-electron chi connectivity index (χ3n) is 8.60. The molecule has 0 aromatic rings. The highest BCUT2D eigenvalue weighted by Crippen LogP contribution is 2.68. The summed E-state index contributed by atoms with van der Waals surface area (Å²) in [5.41, 5.74) is -2.69. The number of fused-ring (bicyclic) bond motifs is 2. The molecule has 1 aliphatic heterocycles. The van der Waals surface area contributed by atoms with Gasteiger partial charge in [0.25, 0.3) is 0 Å². The molecule has 4 fully saturated rings. The average molecular weight is 449 g/mol. The van der Waals surface area contributed by atoms with E-state index in [1.54, 1.807) is 0 Å². The van der Waals surface area contributed by atoms with Crippen molar-refractivity contribution in [1.29, 1.82) is 0 Å². The lowest BCUT2D eigenvalue weighted by atomic mass is 9.43. The van der Waals surface area contributed by atoms with Crippen LogP contribution >= 0.6 is 0 Å². The first-order valence-corrected chi connectivity index (χ1v) is 11.3. The van der Waals surface area contributed by atoms with Crippen molar-refractivity contribution in [3.05, 3.63) is 12.2 Å². The molecule has 1 N–H and O–H groups in total. The first-order valence-electron chi connectivity index (χ1n) is 11.3. The van der Waals surface area contributed by atoms with Crippen molar-refractivity contribution in [2.24, 2.45) is 34.0 Å². The van der Waals surface area contributed by atoms with E-state index in [1.807, 2.05) is 13.8 Å². The molecule has 0 aromatic carbocycles. The number of aliphatic hydroxyl groups excluding tert-OH is 1. The first-order chi connectivity index (χ1) is 14.9. The van der Waals surface area contributed by atoms with Crippen LogP contribution in [0.2, 0.25) is 0 Å². The SMILES string of the molecule is C=C1C(=O)[C@@]23C[C@@H]1C[C@@H](O)[C@@H]2[C@@]1(COC3=O)[C@H](OC(C)=O)CCC(C)(C)[C@@H]1COC(C)=O. The number of esters is 3. The summed E-state index contributed by atoms with van der Waals surface area (Å²) in [6.07, 6.45) is 0.0116. The summed E-state index contributed by atoms with van der Waals surface area (Å²) in [4.78, 5) is 50.5. The molecule has 2 spiro atoms. The van der Waals surface area contributed by atoms with Crippen LogP contribution in [0.5, 0.6) is 0 Å². The maximum Gasteiger partial charge on any atom is 0.320 e. The highest BCUT2D eigenvalue weighted by atomic mass is 16.6. The number of carbonyl (C=O) groups is 4. The molecule has 1 heterocycles. The molecule has 0 unspecified atom stereocenters. The summed E-state index contributed by atoms with van der Waals surface area (Å²) in [5, 5.41) is 11.4. The summed E-state index contributed by atoms with van der Waals surface area (Å²) >= 11 is 0. The Morgan fingerprint density at radius 1 is 1.22 bits per heavy atom. The lowest BCUT2D eigenvalue weighted by molar-refractivity contribution is -0.264. The maximum atomic E-state index is 13.5. The zero-order valence-corrected chi connectivity index (χ0v) is 19.1. The Bertz CT molecular complexity index is 890. The largest absolute Gasteiger partial charge is 0.466 e. The molecule has 4 rings (SSSR count). The van der Waals surface area contributed by atoms with Crippen molar-refractivity contribution in [3.8, 4) is 0 Å². The van der Waals surface area contributed by atoms with Crippen LogP contribution in [-0.4, -0.2) is 54.2 Å². The van der Waals surface area contributed by atoms with Gasteiger partial charge in [0.05, 0.1) is 18.1 Å². The van der Waals surface area contributed by atoms with Gasteiger partial charge in [-0.25, -0.2) is 0 Å². The van der Waals surface area contributed by atoms with Crippen LogP contribution < -0.4 is 0 Å². The van der Waals surface area contributed by atoms with Crippen molar-refractivity contribution < 1.29 is 38.5 Å². The molecule has 7 atom stereocenters. The molecule has 0 amide bonds. The fourth-order valence-electron chi connectivity index (χ4n) is 7.31. The van der Waals surface area contributed by atoms with Gasteiger partial charge in [0, 0.05) is 25.7 Å². The topological polar surface area (TPSA) is 116 Å². The Kier molecular flexibility index (Phi) is 5.31. The molecule has 3 aliphatic carbocycles. The van der Waals surface area contributed by atoms with Crippen molar-refractivity contribution in [1.82, 2.24) is 0 Å². The molecule has 2 bridgehead atoms. The fraction of sp³-hybridized carbons (Fsp3) is 0.750. The summed E-state index contributed by atoms with van der Waals surface area (Å²) in [7, 11) is 0. The highest BCUT2D eigenvalue weighted by molar-refractivity contribution is 6.15. The van der Waals surface area contributed by atoms with Crippen LogP contribution in [-0.2, 0) is 33.4 Å². The predicted molar refractivity (Wildman–Crippen MR) is 111 cm³/mol. The number of ketones is 1. The maximum absolute atomic E-state index is 13.5. The number of carbonyl (C=O) groups excluding carboxylic acids is 4. The summed E-state index contributed by atoms with van der Waals surface area (Å²) < 4.78 is 17.0. The van der Waals surface area contributed by atoms with E-state index in [0.717, 1.165) is 0 Å². The first kappa shape index (κ1) is 23.0. The monoisotopic (exact) mass is 448 g/mol. The second-order valence-corrected chi connectivity index (χ2v) is 10.7. The van der Waals surface area contributed by atoms with Crippen molar-refractivity contribution in [3.63, 3.8) is 0 Å². The van der Waals surface area contributed by atoms with Crippen molar-refractivity contribution in [2.45, 2.75) is 65.6 Å². The number of hydrogen-bond acceptors (Lipinski definition) is 8. The van der Waals surface area contributed by atoms with Crippen LogP contribution in [0.1, 0.15) is 53.4 Å². The second kappa shape index (κ2) is 7.40. The Hall–Kier alpha value is -2.22. The zero-order valence-electron chi connectivity index (χ0n) is 19.1. The fourth-order valence-corrected chi connectivity index (χ4v) is 7.31. The number of hydrogen-bond donors (Lipinski definition) is 1. The second-order valence-electron chi connectivity index (χ2n) is 10.7. The van der Waals surface area contributed by atoms with E-state index in [-0.39, 0.29) is 31.3 Å². The molecule has 32 heavy (non-hydrogen) atoms. The van der Waals surface area contributed by atoms with E-state index in [1.165, 1.54) is 13.8 Å². The molecule has 176 valence electrons. The Balaban J connectivity index is 1.93. The van der Waals surface area contributed by atoms with Gasteiger partial charge in [-0.1, -0.05) is 20.4 Å². The predicted octanol–water partition coefficient (Wildman–Crippen LogP) is 1.97. The highest BCUT2D eigenvalue weighted by Gasteiger charge is 2.76. The molecular weight excluding hydrogens is 416 g/mol. The summed E-state index contributed by atoms with van der Waals surface area (Å²) in [6, 6.07) is 0. The molecule has 1 saturated heterocycles. The van der Waals surface area contributed by atoms with E-state index in [9.17, 15) is 24.3 Å². The number of ether oxygens (including phenoxy) is 3. The lowest BCUT2D eigenvalue weighted by Crippen LogP contribution is -2.71. The van der Waals surface area contributed by atoms with Crippen molar-refractivity contribution in [2.75, 3.05) is 13.2 Å². The number of allylic oxidation sites excluding steroid dienone is 1. The van der Waals surface area contributed by atoms with E-state index in [0.29, 0.717) is 24.8 Å². The minimum atomic E-state index is -1.56. The van der Waals surface area contributed by atoms with E-state index < -0.39 is 58.2 Å². The van der Waals surface area contributed by atoms with Gasteiger partial charge in [0.1, 0.15) is 18.1 Å². The minimum Gasteiger partial charge on any atom is -0.466 e. The van der Waals surface area contributed by atoms with Gasteiger partial charge >= 0.3 is 17.9 Å². The lowest BCUT2D eigenvalue weighted by Gasteiger charge is -2.63. The third kappa shape index (κ3) is 2.98. The molecule has 8 nitrogen and oxygen atoms in total. The van der Waals surface area contributed by atoms with Gasteiger partial charge in [-0.05, 0) is 42.6 Å². The minimum absolute atomic E-state index is 0.00944. The number of cyclic esters (lactones) is 1. The molecule has 3 saturated carbocycles. The third-order valence-corrected chi connectivity index (χ3v) is 8.60. The van der Waals surface area contributed by atoms with Gasteiger partial charge in [0.2, 0.25) is 0 Å². The Morgan fingerprint density at radius 3 is 2.53 bits per heavy atom. The quantitative estimate of drug-likeness (QED) is 0.302. The average Bonchev–Trinajstić information content (AvgIpc) is 2.88. The van der Waals surface area contributed by atoms with Gasteiger partial charge in [0.15, 0.2) is 5.78 Å².